The molecule has 4 heterocycles. The number of aromatic nitrogens is 1. The van der Waals surface area contributed by atoms with E-state index in [1.54, 1.807) is 4.90 Å². The molecule has 3 aliphatic rings. The molecule has 2 saturated heterocycles. The number of pyridine rings is 1. The zero-order valence-electron chi connectivity index (χ0n) is 22.8. The standard InChI is InChI=1S/C32H30N8O/c1-2-30(41)40-15-14-38(20-24(40)10-12-33)31-26-11-13-37(29-9-5-7-23-6-3-4-8-25(23)29)21-28(26)27(17-35)32(36-31)39-18-22(16-34)19-39/h2-9,22,24H,1,10-11,13-15,18-21H2. The monoisotopic (exact) mass is 542 g/mol. The van der Waals surface area contributed by atoms with Crippen molar-refractivity contribution in [1.82, 2.24) is 9.88 Å². The van der Waals surface area contributed by atoms with Crippen molar-refractivity contribution in [3.05, 3.63) is 71.8 Å². The van der Waals surface area contributed by atoms with Crippen molar-refractivity contribution < 1.29 is 4.79 Å². The number of carbonyl (C=O) groups excluding carboxylic acids is 1. The average molecular weight is 543 g/mol. The number of nitriles is 3. The number of rotatable bonds is 5. The van der Waals surface area contributed by atoms with Crippen LogP contribution in [-0.4, -0.2) is 61.1 Å². The molecule has 9 heteroatoms. The van der Waals surface area contributed by atoms with Crippen molar-refractivity contribution >= 4 is 34.0 Å². The molecule has 0 N–H and O–H groups in total. The molecule has 0 saturated carbocycles. The maximum atomic E-state index is 12.5. The molecular weight excluding hydrogens is 512 g/mol. The van der Waals surface area contributed by atoms with E-state index in [-0.39, 0.29) is 24.3 Å². The Bertz CT molecular complexity index is 1650. The van der Waals surface area contributed by atoms with Gasteiger partial charge in [-0.25, -0.2) is 4.98 Å². The van der Waals surface area contributed by atoms with E-state index in [4.69, 9.17) is 4.98 Å². The molecule has 1 unspecified atom stereocenters. The summed E-state index contributed by atoms with van der Waals surface area (Å²) in [5.74, 6) is 1.19. The first-order valence-electron chi connectivity index (χ1n) is 13.9. The Hall–Kier alpha value is -5.07. The zero-order chi connectivity index (χ0) is 28.5. The summed E-state index contributed by atoms with van der Waals surface area (Å²) in [5, 5.41) is 31.7. The third kappa shape index (κ3) is 4.58. The smallest absolute Gasteiger partial charge is 0.246 e. The Morgan fingerprint density at radius 1 is 0.951 bits per heavy atom. The molecule has 0 aliphatic carbocycles. The van der Waals surface area contributed by atoms with Crippen LogP contribution in [0.5, 0.6) is 0 Å². The van der Waals surface area contributed by atoms with E-state index >= 15 is 0 Å². The van der Waals surface area contributed by atoms with Crippen molar-refractivity contribution in [2.75, 3.05) is 54.0 Å². The van der Waals surface area contributed by atoms with Crippen LogP contribution in [0.4, 0.5) is 17.3 Å². The van der Waals surface area contributed by atoms with Gasteiger partial charge < -0.3 is 19.6 Å². The molecule has 3 aromatic rings. The highest BCUT2D eigenvalue weighted by Crippen LogP contribution is 2.40. The molecule has 0 bridgehead atoms. The number of anilines is 3. The van der Waals surface area contributed by atoms with Crippen LogP contribution >= 0.6 is 0 Å². The number of piperazine rings is 1. The van der Waals surface area contributed by atoms with E-state index in [2.05, 4.69) is 71.0 Å². The number of benzene rings is 2. The summed E-state index contributed by atoms with van der Waals surface area (Å²) >= 11 is 0. The lowest BCUT2D eigenvalue weighted by molar-refractivity contribution is -0.128. The Balaban J connectivity index is 1.42. The van der Waals surface area contributed by atoms with Gasteiger partial charge in [0.05, 0.1) is 36.1 Å². The highest BCUT2D eigenvalue weighted by molar-refractivity contribution is 5.94. The first-order valence-corrected chi connectivity index (χ1v) is 13.9. The van der Waals surface area contributed by atoms with Crippen molar-refractivity contribution in [3.63, 3.8) is 0 Å². The molecule has 204 valence electrons. The highest BCUT2D eigenvalue weighted by Gasteiger charge is 2.37. The van der Waals surface area contributed by atoms with Crippen LogP contribution < -0.4 is 14.7 Å². The normalized spacial score (nSPS) is 18.6. The van der Waals surface area contributed by atoms with E-state index < -0.39 is 0 Å². The van der Waals surface area contributed by atoms with Crippen LogP contribution in [0.2, 0.25) is 0 Å². The van der Waals surface area contributed by atoms with Gasteiger partial charge in [-0.3, -0.25) is 4.79 Å². The summed E-state index contributed by atoms with van der Waals surface area (Å²) in [4.78, 5) is 25.9. The Kier molecular flexibility index (Phi) is 6.91. The van der Waals surface area contributed by atoms with Gasteiger partial charge >= 0.3 is 0 Å². The molecule has 1 atom stereocenters. The van der Waals surface area contributed by atoms with Crippen LogP contribution in [0.15, 0.2) is 55.1 Å². The first-order chi connectivity index (χ1) is 20.1. The lowest BCUT2D eigenvalue weighted by atomic mass is 9.92. The topological polar surface area (TPSA) is 114 Å². The summed E-state index contributed by atoms with van der Waals surface area (Å²) in [7, 11) is 0. The third-order valence-corrected chi connectivity index (χ3v) is 8.50. The fourth-order valence-electron chi connectivity index (χ4n) is 6.36. The fourth-order valence-corrected chi connectivity index (χ4v) is 6.36. The first kappa shape index (κ1) is 26.2. The molecule has 1 aromatic heterocycles. The van der Waals surface area contributed by atoms with Crippen LogP contribution in [0.3, 0.4) is 0 Å². The average Bonchev–Trinajstić information content (AvgIpc) is 2.99. The quantitative estimate of drug-likeness (QED) is 0.448. The lowest BCUT2D eigenvalue weighted by Gasteiger charge is -2.44. The van der Waals surface area contributed by atoms with Gasteiger partial charge in [-0.15, -0.1) is 0 Å². The van der Waals surface area contributed by atoms with Crippen LogP contribution in [-0.2, 0) is 17.8 Å². The molecule has 9 nitrogen and oxygen atoms in total. The van der Waals surface area contributed by atoms with Gasteiger partial charge in [0.2, 0.25) is 5.91 Å². The van der Waals surface area contributed by atoms with Gasteiger partial charge in [0.25, 0.3) is 0 Å². The van der Waals surface area contributed by atoms with E-state index in [0.29, 0.717) is 57.1 Å². The van der Waals surface area contributed by atoms with Crippen LogP contribution in [0, 0.1) is 39.9 Å². The predicted octanol–water partition coefficient (Wildman–Crippen LogP) is 3.75. The number of hydrogen-bond acceptors (Lipinski definition) is 8. The lowest BCUT2D eigenvalue weighted by Crippen LogP contribution is -2.55. The van der Waals surface area contributed by atoms with Crippen LogP contribution in [0.1, 0.15) is 23.1 Å². The minimum atomic E-state index is -0.279. The maximum Gasteiger partial charge on any atom is 0.246 e. The van der Waals surface area contributed by atoms with Gasteiger partial charge in [-0.05, 0) is 29.5 Å². The molecule has 41 heavy (non-hydrogen) atoms. The number of carbonyl (C=O) groups is 1. The molecular formula is C32H30N8O. The second kappa shape index (κ2) is 10.8. The largest absolute Gasteiger partial charge is 0.366 e. The Labute approximate surface area is 239 Å². The van der Waals surface area contributed by atoms with Crippen molar-refractivity contribution in [2.45, 2.75) is 25.4 Å². The second-order valence-corrected chi connectivity index (χ2v) is 10.8. The molecule has 1 amide bonds. The molecule has 6 rings (SSSR count). The van der Waals surface area contributed by atoms with Crippen LogP contribution in [0.25, 0.3) is 10.8 Å². The Morgan fingerprint density at radius 3 is 2.51 bits per heavy atom. The Morgan fingerprint density at radius 2 is 1.76 bits per heavy atom. The van der Waals surface area contributed by atoms with Crippen molar-refractivity contribution in [2.24, 2.45) is 5.92 Å². The zero-order valence-corrected chi connectivity index (χ0v) is 22.8. The molecule has 2 aromatic carbocycles. The summed E-state index contributed by atoms with van der Waals surface area (Å²) in [6.45, 7) is 7.57. The van der Waals surface area contributed by atoms with Gasteiger partial charge in [0.1, 0.15) is 17.7 Å². The predicted molar refractivity (Wildman–Crippen MR) is 157 cm³/mol. The van der Waals surface area contributed by atoms with Gasteiger partial charge in [0.15, 0.2) is 0 Å². The fraction of sp³-hybridized carbons (Fsp3) is 0.344. The molecule has 0 radical (unpaired) electrons. The summed E-state index contributed by atoms with van der Waals surface area (Å²) in [6.07, 6.45) is 2.23. The van der Waals surface area contributed by atoms with E-state index in [1.165, 1.54) is 16.8 Å². The highest BCUT2D eigenvalue weighted by atomic mass is 16.2. The van der Waals surface area contributed by atoms with Crippen molar-refractivity contribution in [3.8, 4) is 18.2 Å². The summed E-state index contributed by atoms with van der Waals surface area (Å²) < 4.78 is 0. The minimum absolute atomic E-state index is 0.0801. The maximum absolute atomic E-state index is 12.5. The van der Waals surface area contributed by atoms with E-state index in [1.807, 2.05) is 11.0 Å². The van der Waals surface area contributed by atoms with Crippen molar-refractivity contribution in [1.29, 1.82) is 15.8 Å². The number of hydrogen-bond donors (Lipinski definition) is 0. The third-order valence-electron chi connectivity index (χ3n) is 8.50. The summed E-state index contributed by atoms with van der Waals surface area (Å²) in [5.41, 5.74) is 3.72. The summed E-state index contributed by atoms with van der Waals surface area (Å²) in [6, 6.07) is 21.4. The molecule has 3 aliphatic heterocycles. The SMILES string of the molecule is C=CC(=O)N1CCN(c2nc(N3CC(C#N)C3)c(C#N)c3c2CCN(c2cccc4ccccc24)C3)CC1CC#N. The van der Waals surface area contributed by atoms with Gasteiger partial charge in [-0.1, -0.05) is 43.0 Å². The number of amides is 1. The van der Waals surface area contributed by atoms with Gasteiger partial charge in [-0.2, -0.15) is 15.8 Å². The van der Waals surface area contributed by atoms with E-state index in [9.17, 15) is 20.6 Å². The van der Waals surface area contributed by atoms with Gasteiger partial charge in [0, 0.05) is 62.5 Å². The number of nitrogens with zero attached hydrogens (tertiary/aromatic N) is 8. The molecule has 2 fully saturated rings. The number of fused-ring (bicyclic) bond motifs is 2. The second-order valence-electron chi connectivity index (χ2n) is 10.8. The van der Waals surface area contributed by atoms with E-state index in [0.717, 1.165) is 29.2 Å². The molecule has 0 spiro atoms. The minimum Gasteiger partial charge on any atom is -0.366 e.